The largest absolute Gasteiger partial charge is 0.494 e. The molecule has 1 aromatic carbocycles. The lowest BCUT2D eigenvalue weighted by Gasteiger charge is -2.02. The van der Waals surface area contributed by atoms with Crippen LogP contribution in [0.5, 0.6) is 5.88 Å². The van der Waals surface area contributed by atoms with Crippen LogP contribution in [0.15, 0.2) is 34.0 Å². The number of carbonyl (C=O) groups excluding carboxylic acids is 1. The van der Waals surface area contributed by atoms with E-state index in [4.69, 9.17) is 0 Å². The number of benzene rings is 1. The summed E-state index contributed by atoms with van der Waals surface area (Å²) in [6, 6.07) is 7.75. The van der Waals surface area contributed by atoms with E-state index in [2.05, 4.69) is 4.98 Å². The van der Waals surface area contributed by atoms with Crippen molar-refractivity contribution < 1.29 is 9.90 Å². The van der Waals surface area contributed by atoms with Gasteiger partial charge in [-0.05, 0) is 24.6 Å². The van der Waals surface area contributed by atoms with Gasteiger partial charge in [0.1, 0.15) is 5.78 Å². The highest BCUT2D eigenvalue weighted by molar-refractivity contribution is 8.00. The minimum atomic E-state index is -0.249. The van der Waals surface area contributed by atoms with Gasteiger partial charge in [-0.3, -0.25) is 14.6 Å². The number of thioether (sulfide) groups is 1. The lowest BCUT2D eigenvalue weighted by atomic mass is 10.1. The summed E-state index contributed by atoms with van der Waals surface area (Å²) >= 11 is 2.51. The lowest BCUT2D eigenvalue weighted by molar-refractivity contribution is -0.114. The van der Waals surface area contributed by atoms with Gasteiger partial charge in [-0.25, -0.2) is 0 Å². The van der Waals surface area contributed by atoms with E-state index in [0.29, 0.717) is 17.1 Å². The van der Waals surface area contributed by atoms with E-state index in [1.807, 2.05) is 24.3 Å². The van der Waals surface area contributed by atoms with Gasteiger partial charge in [0.05, 0.1) is 10.6 Å². The van der Waals surface area contributed by atoms with Crippen LogP contribution in [0, 0.1) is 0 Å². The average molecular weight is 295 g/mol. The molecule has 6 heteroatoms. The molecule has 0 bridgehead atoms. The standard InChI is InChI=1S/C13H13NO3S2/c1-8(15)7-18-10-4-2-9(3-5-10)6-11-12(16)14-13(17)19-11/h2-5,16H,6-7H2,1H3,(H,14,17). The second-order valence-electron chi connectivity index (χ2n) is 4.10. The quantitative estimate of drug-likeness (QED) is 0.831. The molecular formula is C13H13NO3S2. The molecule has 0 amide bonds. The van der Waals surface area contributed by atoms with Crippen molar-refractivity contribution in [2.75, 3.05) is 5.75 Å². The Morgan fingerprint density at radius 3 is 2.58 bits per heavy atom. The lowest BCUT2D eigenvalue weighted by Crippen LogP contribution is -1.92. The van der Waals surface area contributed by atoms with Gasteiger partial charge < -0.3 is 5.11 Å². The molecule has 0 aliphatic carbocycles. The molecule has 2 rings (SSSR count). The van der Waals surface area contributed by atoms with E-state index >= 15 is 0 Å². The van der Waals surface area contributed by atoms with Crippen LogP contribution in [0.1, 0.15) is 17.4 Å². The van der Waals surface area contributed by atoms with Crippen LogP contribution >= 0.6 is 23.1 Å². The van der Waals surface area contributed by atoms with E-state index in [-0.39, 0.29) is 16.5 Å². The fourth-order valence-corrected chi connectivity index (χ4v) is 3.00. The first-order valence-electron chi connectivity index (χ1n) is 5.66. The molecule has 0 unspecified atom stereocenters. The summed E-state index contributed by atoms with van der Waals surface area (Å²) in [5.74, 6) is 0.570. The summed E-state index contributed by atoms with van der Waals surface area (Å²) in [5, 5.41) is 9.51. The molecule has 0 saturated heterocycles. The SMILES string of the molecule is CC(=O)CSc1ccc(Cc2sc(=O)[nH]c2O)cc1. The van der Waals surface area contributed by atoms with Crippen LogP contribution in [0.4, 0.5) is 0 Å². The van der Waals surface area contributed by atoms with E-state index in [1.165, 1.54) is 11.8 Å². The van der Waals surface area contributed by atoms with Crippen molar-refractivity contribution in [3.05, 3.63) is 44.4 Å². The summed E-state index contributed by atoms with van der Waals surface area (Å²) in [6.07, 6.45) is 0.521. The number of aromatic hydroxyl groups is 1. The van der Waals surface area contributed by atoms with Crippen molar-refractivity contribution in [3.8, 4) is 5.88 Å². The fraction of sp³-hybridized carbons (Fsp3) is 0.231. The third kappa shape index (κ3) is 3.97. The number of aromatic nitrogens is 1. The Labute approximate surface area is 118 Å². The third-order valence-electron chi connectivity index (χ3n) is 2.43. The summed E-state index contributed by atoms with van der Waals surface area (Å²) in [5.41, 5.74) is 1.01. The second-order valence-corrected chi connectivity index (χ2v) is 6.21. The Bertz CT molecular complexity index is 628. The summed E-state index contributed by atoms with van der Waals surface area (Å²) < 4.78 is 0. The minimum Gasteiger partial charge on any atom is -0.494 e. The van der Waals surface area contributed by atoms with Crippen LogP contribution in [0.3, 0.4) is 0 Å². The predicted molar refractivity (Wildman–Crippen MR) is 77.3 cm³/mol. The zero-order valence-corrected chi connectivity index (χ0v) is 11.9. The summed E-state index contributed by atoms with van der Waals surface area (Å²) in [7, 11) is 0. The van der Waals surface area contributed by atoms with Crippen LogP contribution in [-0.2, 0) is 11.2 Å². The van der Waals surface area contributed by atoms with Crippen molar-refractivity contribution in [1.29, 1.82) is 0 Å². The molecule has 0 fully saturated rings. The maximum absolute atomic E-state index is 11.1. The van der Waals surface area contributed by atoms with Gasteiger partial charge in [0.15, 0.2) is 0 Å². The van der Waals surface area contributed by atoms with E-state index < -0.39 is 0 Å². The Balaban J connectivity index is 2.04. The Morgan fingerprint density at radius 1 is 1.37 bits per heavy atom. The van der Waals surface area contributed by atoms with Gasteiger partial charge in [-0.1, -0.05) is 23.5 Å². The number of carbonyl (C=O) groups is 1. The number of rotatable bonds is 5. The molecule has 4 nitrogen and oxygen atoms in total. The molecule has 19 heavy (non-hydrogen) atoms. The normalized spacial score (nSPS) is 10.6. The molecule has 0 atom stereocenters. The van der Waals surface area contributed by atoms with Crippen molar-refractivity contribution in [2.45, 2.75) is 18.2 Å². The van der Waals surface area contributed by atoms with Crippen molar-refractivity contribution in [2.24, 2.45) is 0 Å². The summed E-state index contributed by atoms with van der Waals surface area (Å²) in [4.78, 5) is 25.7. The number of ketones is 1. The molecule has 0 spiro atoms. The maximum atomic E-state index is 11.1. The number of Topliss-reactive ketones (excluding diaryl/α,β-unsaturated/α-hetero) is 1. The number of hydrogen-bond donors (Lipinski definition) is 2. The zero-order chi connectivity index (χ0) is 13.8. The first-order valence-corrected chi connectivity index (χ1v) is 7.47. The number of nitrogens with one attached hydrogen (secondary N) is 1. The van der Waals surface area contributed by atoms with Crippen molar-refractivity contribution >= 4 is 28.9 Å². The molecule has 2 N–H and O–H groups in total. The Morgan fingerprint density at radius 2 is 2.05 bits per heavy atom. The number of H-pyrrole nitrogens is 1. The topological polar surface area (TPSA) is 70.2 Å². The molecule has 0 saturated carbocycles. The molecule has 0 radical (unpaired) electrons. The molecule has 0 aliphatic heterocycles. The van der Waals surface area contributed by atoms with Gasteiger partial charge in [-0.15, -0.1) is 11.8 Å². The highest BCUT2D eigenvalue weighted by Crippen LogP contribution is 2.23. The number of thiazole rings is 1. The van der Waals surface area contributed by atoms with Gasteiger partial charge in [0.2, 0.25) is 5.88 Å². The fourth-order valence-electron chi connectivity index (χ4n) is 1.55. The van der Waals surface area contributed by atoms with Gasteiger partial charge in [-0.2, -0.15) is 0 Å². The molecule has 0 aliphatic rings. The van der Waals surface area contributed by atoms with E-state index in [0.717, 1.165) is 21.8 Å². The van der Waals surface area contributed by atoms with E-state index in [1.54, 1.807) is 6.92 Å². The van der Waals surface area contributed by atoms with Crippen molar-refractivity contribution in [1.82, 2.24) is 4.98 Å². The first-order chi connectivity index (χ1) is 9.04. The minimum absolute atomic E-state index is 0.0509. The molecule has 1 heterocycles. The first kappa shape index (κ1) is 13.9. The highest BCUT2D eigenvalue weighted by atomic mass is 32.2. The van der Waals surface area contributed by atoms with Gasteiger partial charge in [0.25, 0.3) is 0 Å². The van der Waals surface area contributed by atoms with Crippen LogP contribution in [0.25, 0.3) is 0 Å². The molecule has 1 aromatic heterocycles. The molecule has 2 aromatic rings. The third-order valence-corrected chi connectivity index (χ3v) is 4.46. The molecule has 100 valence electrons. The maximum Gasteiger partial charge on any atom is 0.307 e. The Hall–Kier alpha value is -1.53. The number of hydrogen-bond acceptors (Lipinski definition) is 5. The van der Waals surface area contributed by atoms with Gasteiger partial charge >= 0.3 is 4.87 Å². The predicted octanol–water partition coefficient (Wildman–Crippen LogP) is 2.41. The average Bonchev–Trinajstić information content (AvgIpc) is 2.67. The van der Waals surface area contributed by atoms with Crippen molar-refractivity contribution in [3.63, 3.8) is 0 Å². The Kier molecular flexibility index (Phi) is 4.44. The van der Waals surface area contributed by atoms with Gasteiger partial charge in [0, 0.05) is 11.3 Å². The van der Waals surface area contributed by atoms with Crippen LogP contribution in [0.2, 0.25) is 0 Å². The molecular weight excluding hydrogens is 282 g/mol. The second kappa shape index (κ2) is 6.08. The summed E-state index contributed by atoms with van der Waals surface area (Å²) in [6.45, 7) is 1.57. The number of aromatic amines is 1. The zero-order valence-electron chi connectivity index (χ0n) is 10.3. The van der Waals surface area contributed by atoms with Crippen LogP contribution < -0.4 is 4.87 Å². The van der Waals surface area contributed by atoms with E-state index in [9.17, 15) is 14.7 Å². The van der Waals surface area contributed by atoms with Crippen LogP contribution in [-0.4, -0.2) is 21.6 Å². The monoisotopic (exact) mass is 295 g/mol. The smallest absolute Gasteiger partial charge is 0.307 e. The highest BCUT2D eigenvalue weighted by Gasteiger charge is 2.07.